The van der Waals surface area contributed by atoms with Crippen molar-refractivity contribution in [1.29, 1.82) is 0 Å². The van der Waals surface area contributed by atoms with Gasteiger partial charge >= 0.3 is 0 Å². The molecule has 0 amide bonds. The van der Waals surface area contributed by atoms with Gasteiger partial charge in [0.05, 0.1) is 0 Å². The average Bonchev–Trinajstić information content (AvgIpc) is 2.85. The highest BCUT2D eigenvalue weighted by molar-refractivity contribution is 5.43. The van der Waals surface area contributed by atoms with Crippen LogP contribution in [0.3, 0.4) is 0 Å². The first kappa shape index (κ1) is 13.0. The van der Waals surface area contributed by atoms with E-state index in [9.17, 15) is 0 Å². The molecule has 1 fully saturated rings. The maximum atomic E-state index is 6.41. The Morgan fingerprint density at radius 1 is 1.26 bits per heavy atom. The van der Waals surface area contributed by atoms with Crippen molar-refractivity contribution >= 4 is 0 Å². The van der Waals surface area contributed by atoms with Gasteiger partial charge in [0.2, 0.25) is 0 Å². The van der Waals surface area contributed by atoms with Crippen molar-refractivity contribution in [2.24, 2.45) is 0 Å². The van der Waals surface area contributed by atoms with Gasteiger partial charge in [-0.25, -0.2) is 0 Å². The predicted octanol–water partition coefficient (Wildman–Crippen LogP) is 4.17. The van der Waals surface area contributed by atoms with E-state index >= 15 is 0 Å². The number of benzene rings is 1. The first-order valence-electron chi connectivity index (χ1n) is 7.64. The van der Waals surface area contributed by atoms with Crippen LogP contribution in [-0.4, -0.2) is 12.6 Å². The molecule has 1 unspecified atom stereocenters. The molecular formula is C17H25NO. The minimum absolute atomic E-state index is 0.111. The van der Waals surface area contributed by atoms with E-state index in [0.29, 0.717) is 12.0 Å². The zero-order chi connectivity index (χ0) is 13.5. The van der Waals surface area contributed by atoms with Crippen LogP contribution in [0.2, 0.25) is 0 Å². The molecule has 0 saturated heterocycles. The third-order valence-electron chi connectivity index (χ3n) is 4.84. The molecule has 2 nitrogen and oxygen atoms in total. The Kier molecular flexibility index (Phi) is 3.30. The molecule has 1 aliphatic carbocycles. The number of fused-ring (bicyclic) bond motifs is 1. The van der Waals surface area contributed by atoms with Crippen molar-refractivity contribution in [3.05, 3.63) is 29.3 Å². The summed E-state index contributed by atoms with van der Waals surface area (Å²) in [5, 5.41) is 3.50. The van der Waals surface area contributed by atoms with E-state index < -0.39 is 0 Å². The Bertz CT molecular complexity index is 460. The van der Waals surface area contributed by atoms with Crippen LogP contribution in [0.1, 0.15) is 69.0 Å². The normalized spacial score (nSPS) is 24.5. The highest BCUT2D eigenvalue weighted by atomic mass is 16.5. The lowest BCUT2D eigenvalue weighted by Gasteiger charge is -2.40. The first-order valence-corrected chi connectivity index (χ1v) is 7.64. The monoisotopic (exact) mass is 259 g/mol. The molecule has 2 aliphatic rings. The molecule has 1 aromatic carbocycles. The Labute approximate surface area is 116 Å². The van der Waals surface area contributed by atoms with Crippen LogP contribution in [-0.2, 0) is 0 Å². The Hall–Kier alpha value is -1.02. The highest BCUT2D eigenvalue weighted by Crippen LogP contribution is 2.47. The lowest BCUT2D eigenvalue weighted by Crippen LogP contribution is -2.41. The van der Waals surface area contributed by atoms with Crippen molar-refractivity contribution in [2.75, 3.05) is 7.05 Å². The minimum atomic E-state index is 0.111. The smallest absolute Gasteiger partial charge is 0.124 e. The van der Waals surface area contributed by atoms with Gasteiger partial charge in [-0.05, 0) is 50.3 Å². The standard InChI is InChI=1S/C17H25NO/c1-12(2)13-6-7-16-14(10-13)15(18-3)11-17(19-16)8-4-5-9-17/h6-7,10,12,15,18H,4-5,8-9,11H2,1-3H3. The van der Waals surface area contributed by atoms with Crippen LogP contribution in [0.25, 0.3) is 0 Å². The second-order valence-corrected chi connectivity index (χ2v) is 6.49. The summed E-state index contributed by atoms with van der Waals surface area (Å²) in [6, 6.07) is 7.20. The first-order chi connectivity index (χ1) is 9.13. The van der Waals surface area contributed by atoms with Crippen LogP contribution >= 0.6 is 0 Å². The molecule has 0 bridgehead atoms. The van der Waals surface area contributed by atoms with E-state index in [1.165, 1.54) is 36.8 Å². The SMILES string of the molecule is CNC1CC2(CCCC2)Oc2ccc(C(C)C)cc21. The van der Waals surface area contributed by atoms with Gasteiger partial charge in [0.25, 0.3) is 0 Å². The molecular weight excluding hydrogens is 234 g/mol. The van der Waals surface area contributed by atoms with Gasteiger partial charge in [0.15, 0.2) is 0 Å². The summed E-state index contributed by atoms with van der Waals surface area (Å²) < 4.78 is 6.41. The zero-order valence-electron chi connectivity index (χ0n) is 12.3. The van der Waals surface area contributed by atoms with Crippen LogP contribution < -0.4 is 10.1 Å². The third-order valence-corrected chi connectivity index (χ3v) is 4.84. The maximum absolute atomic E-state index is 6.41. The predicted molar refractivity (Wildman–Crippen MR) is 78.8 cm³/mol. The van der Waals surface area contributed by atoms with Crippen LogP contribution in [0, 0.1) is 0 Å². The van der Waals surface area contributed by atoms with Crippen LogP contribution in [0.5, 0.6) is 5.75 Å². The summed E-state index contributed by atoms with van der Waals surface area (Å²) >= 11 is 0. The molecule has 0 aromatic heterocycles. The molecule has 1 saturated carbocycles. The molecule has 104 valence electrons. The van der Waals surface area contributed by atoms with Crippen molar-refractivity contribution in [1.82, 2.24) is 5.32 Å². The average molecular weight is 259 g/mol. The lowest BCUT2D eigenvalue weighted by molar-refractivity contribution is 0.0379. The fourth-order valence-corrected chi connectivity index (χ4v) is 3.63. The van der Waals surface area contributed by atoms with Gasteiger partial charge in [-0.15, -0.1) is 0 Å². The lowest BCUT2D eigenvalue weighted by atomic mass is 9.84. The van der Waals surface area contributed by atoms with Crippen LogP contribution in [0.15, 0.2) is 18.2 Å². The van der Waals surface area contributed by atoms with Crippen molar-refractivity contribution in [2.45, 2.75) is 63.5 Å². The van der Waals surface area contributed by atoms with E-state index in [1.807, 2.05) is 0 Å². The van der Waals surface area contributed by atoms with E-state index in [1.54, 1.807) is 0 Å². The summed E-state index contributed by atoms with van der Waals surface area (Å²) in [6.07, 6.45) is 6.19. The van der Waals surface area contributed by atoms with E-state index in [2.05, 4.69) is 44.4 Å². The summed E-state index contributed by atoms with van der Waals surface area (Å²) in [6.45, 7) is 4.50. The quantitative estimate of drug-likeness (QED) is 0.861. The molecule has 1 N–H and O–H groups in total. The Morgan fingerprint density at radius 3 is 2.63 bits per heavy atom. The molecule has 3 rings (SSSR count). The second kappa shape index (κ2) is 4.82. The van der Waals surface area contributed by atoms with Crippen molar-refractivity contribution < 1.29 is 4.74 Å². The molecule has 19 heavy (non-hydrogen) atoms. The van der Waals surface area contributed by atoms with Gasteiger partial charge < -0.3 is 10.1 Å². The largest absolute Gasteiger partial charge is 0.487 e. The summed E-state index contributed by atoms with van der Waals surface area (Å²) in [4.78, 5) is 0. The fourth-order valence-electron chi connectivity index (χ4n) is 3.63. The second-order valence-electron chi connectivity index (χ2n) is 6.49. The van der Waals surface area contributed by atoms with E-state index in [0.717, 1.165) is 12.2 Å². The molecule has 1 spiro atoms. The number of ether oxygens (including phenoxy) is 1. The van der Waals surface area contributed by atoms with E-state index in [4.69, 9.17) is 4.74 Å². The summed E-state index contributed by atoms with van der Waals surface area (Å²) in [7, 11) is 2.07. The Morgan fingerprint density at radius 2 is 2.00 bits per heavy atom. The topological polar surface area (TPSA) is 21.3 Å². The molecule has 1 aromatic rings. The molecule has 1 heterocycles. The van der Waals surface area contributed by atoms with Crippen molar-refractivity contribution in [3.63, 3.8) is 0 Å². The third kappa shape index (κ3) is 2.27. The summed E-state index contributed by atoms with van der Waals surface area (Å²) in [5.74, 6) is 1.68. The van der Waals surface area contributed by atoms with Gasteiger partial charge in [-0.3, -0.25) is 0 Å². The van der Waals surface area contributed by atoms with Gasteiger partial charge in [-0.1, -0.05) is 26.0 Å². The molecule has 1 aliphatic heterocycles. The van der Waals surface area contributed by atoms with Gasteiger partial charge in [0.1, 0.15) is 11.4 Å². The highest BCUT2D eigenvalue weighted by Gasteiger charge is 2.42. The number of hydrogen-bond donors (Lipinski definition) is 1. The summed E-state index contributed by atoms with van der Waals surface area (Å²) in [5.41, 5.74) is 2.87. The molecule has 2 heteroatoms. The zero-order valence-corrected chi connectivity index (χ0v) is 12.3. The van der Waals surface area contributed by atoms with E-state index in [-0.39, 0.29) is 5.60 Å². The number of hydrogen-bond acceptors (Lipinski definition) is 2. The fraction of sp³-hybridized carbons (Fsp3) is 0.647. The van der Waals surface area contributed by atoms with Crippen LogP contribution in [0.4, 0.5) is 0 Å². The van der Waals surface area contributed by atoms with Crippen molar-refractivity contribution in [3.8, 4) is 5.75 Å². The number of rotatable bonds is 2. The Balaban J connectivity index is 1.98. The minimum Gasteiger partial charge on any atom is -0.487 e. The maximum Gasteiger partial charge on any atom is 0.124 e. The molecule has 1 atom stereocenters. The molecule has 0 radical (unpaired) electrons. The number of nitrogens with one attached hydrogen (secondary N) is 1. The van der Waals surface area contributed by atoms with Gasteiger partial charge in [0, 0.05) is 18.0 Å². The van der Waals surface area contributed by atoms with Gasteiger partial charge in [-0.2, -0.15) is 0 Å².